The Labute approximate surface area is 211 Å². The molecule has 0 saturated carbocycles. The van der Waals surface area contributed by atoms with Gasteiger partial charge in [-0.15, -0.1) is 0 Å². The van der Waals surface area contributed by atoms with Gasteiger partial charge >= 0.3 is 12.1 Å². The Bertz CT molecular complexity index is 1190. The highest BCUT2D eigenvalue weighted by molar-refractivity contribution is 5.98. The highest BCUT2D eigenvalue weighted by Gasteiger charge is 2.48. The number of primary amides is 1. The number of benzene rings is 2. The monoisotopic (exact) mass is 516 g/mol. The number of nitrogens with one attached hydrogen (secondary N) is 5. The molecule has 2 atom stereocenters. The second-order valence-electron chi connectivity index (χ2n) is 7.91. The number of halogens is 2. The summed E-state index contributed by atoms with van der Waals surface area (Å²) in [4.78, 5) is 47.3. The summed E-state index contributed by atoms with van der Waals surface area (Å²) in [5.74, 6) is 3.59. The van der Waals surface area contributed by atoms with E-state index in [0.29, 0.717) is 11.1 Å². The summed E-state index contributed by atoms with van der Waals surface area (Å²) >= 11 is 0. The van der Waals surface area contributed by atoms with E-state index < -0.39 is 41.9 Å². The molecule has 0 saturated heterocycles. The van der Waals surface area contributed by atoms with Gasteiger partial charge in [0.1, 0.15) is 11.6 Å². The smallest absolute Gasteiger partial charge is 0.315 e. The lowest BCUT2D eigenvalue weighted by Gasteiger charge is -2.36. The van der Waals surface area contributed by atoms with E-state index in [1.54, 1.807) is 24.3 Å². The van der Waals surface area contributed by atoms with Crippen LogP contribution in [0.5, 0.6) is 0 Å². The second-order valence-corrected chi connectivity index (χ2v) is 7.91. The maximum atomic E-state index is 13.9. The Kier molecular flexibility index (Phi) is 9.91. The molecular weight excluding hydrogens is 490 g/mol. The average molecular weight is 517 g/mol. The van der Waals surface area contributed by atoms with Gasteiger partial charge in [0.05, 0.1) is 0 Å². The highest BCUT2D eigenvalue weighted by Crippen LogP contribution is 2.21. The molecule has 13 heteroatoms. The number of hydrogen-bond donors (Lipinski definition) is 7. The van der Waals surface area contributed by atoms with Gasteiger partial charge in [-0.05, 0) is 48.9 Å². The third kappa shape index (κ3) is 7.91. The first-order chi connectivity index (χ1) is 17.5. The van der Waals surface area contributed by atoms with Gasteiger partial charge in [-0.2, -0.15) is 0 Å². The molecule has 8 N–H and O–H groups in total. The minimum absolute atomic E-state index is 0.0177. The number of carbonyl (C=O) groups is 4. The van der Waals surface area contributed by atoms with Crippen LogP contribution in [0, 0.1) is 11.8 Å². The largest absolute Gasteiger partial charge is 0.352 e. The lowest BCUT2D eigenvalue weighted by atomic mass is 9.91. The molecular formula is C24H26F2N6O5. The van der Waals surface area contributed by atoms with Gasteiger partial charge in [-0.1, -0.05) is 24.0 Å². The van der Waals surface area contributed by atoms with Crippen LogP contribution in [0.4, 0.5) is 18.4 Å². The normalized spacial score (nSPS) is 12.7. The van der Waals surface area contributed by atoms with E-state index in [1.165, 1.54) is 36.8 Å². The van der Waals surface area contributed by atoms with Crippen molar-refractivity contribution in [3.8, 4) is 11.8 Å². The molecule has 0 radical (unpaired) electrons. The molecule has 0 spiro atoms. The molecule has 196 valence electrons. The van der Waals surface area contributed by atoms with Crippen molar-refractivity contribution in [3.63, 3.8) is 0 Å². The van der Waals surface area contributed by atoms with Crippen LogP contribution in [-0.4, -0.2) is 54.1 Å². The predicted octanol–water partition coefficient (Wildman–Crippen LogP) is 0.811. The van der Waals surface area contributed by atoms with Crippen molar-refractivity contribution in [2.24, 2.45) is 5.73 Å². The molecule has 0 aliphatic heterocycles. The van der Waals surface area contributed by atoms with Gasteiger partial charge in [0.2, 0.25) is 0 Å². The van der Waals surface area contributed by atoms with Crippen molar-refractivity contribution in [1.29, 1.82) is 0 Å². The van der Waals surface area contributed by atoms with Gasteiger partial charge in [-0.3, -0.25) is 14.8 Å². The van der Waals surface area contributed by atoms with E-state index >= 15 is 0 Å². The van der Waals surface area contributed by atoms with Gasteiger partial charge in [0.15, 0.2) is 0 Å². The molecule has 2 rings (SSSR count). The second kappa shape index (κ2) is 12.8. The first kappa shape index (κ1) is 28.5. The van der Waals surface area contributed by atoms with Crippen LogP contribution in [-0.2, 0) is 11.3 Å². The minimum Gasteiger partial charge on any atom is -0.352 e. The SMILES string of the molecule is CNC(=O)NC(C)(C(F)F)[C@H](NC(=O)c1ccc(C#Cc2ccc(CNC(N)=O)cc2)cc1)C(=O)NO. The van der Waals surface area contributed by atoms with Crippen molar-refractivity contribution >= 4 is 23.9 Å². The van der Waals surface area contributed by atoms with Crippen LogP contribution < -0.4 is 32.5 Å². The molecule has 2 aromatic carbocycles. The van der Waals surface area contributed by atoms with Crippen LogP contribution in [0.25, 0.3) is 0 Å². The van der Waals surface area contributed by atoms with Crippen molar-refractivity contribution in [2.75, 3.05) is 7.05 Å². The minimum atomic E-state index is -3.29. The van der Waals surface area contributed by atoms with Crippen molar-refractivity contribution < 1.29 is 33.2 Å². The number of alkyl halides is 2. The number of hydrogen-bond acceptors (Lipinski definition) is 5. The van der Waals surface area contributed by atoms with Crippen LogP contribution in [0.1, 0.15) is 34.0 Å². The number of hydroxylamine groups is 1. The molecule has 11 nitrogen and oxygen atoms in total. The molecule has 0 fully saturated rings. The summed E-state index contributed by atoms with van der Waals surface area (Å²) in [5, 5.41) is 17.7. The number of rotatable bonds is 8. The fraction of sp³-hybridized carbons (Fsp3) is 0.250. The predicted molar refractivity (Wildman–Crippen MR) is 128 cm³/mol. The number of carbonyl (C=O) groups excluding carboxylic acids is 4. The number of urea groups is 2. The molecule has 0 aliphatic carbocycles. The van der Waals surface area contributed by atoms with Crippen LogP contribution in [0.3, 0.4) is 0 Å². The van der Waals surface area contributed by atoms with Crippen LogP contribution in [0.15, 0.2) is 48.5 Å². The van der Waals surface area contributed by atoms with E-state index in [1.807, 2.05) is 5.32 Å². The summed E-state index contributed by atoms with van der Waals surface area (Å²) in [6.45, 7) is 1.14. The zero-order chi connectivity index (χ0) is 27.6. The Morgan fingerprint density at radius 1 is 1.00 bits per heavy atom. The Hall–Kier alpha value is -4.70. The highest BCUT2D eigenvalue weighted by atomic mass is 19.3. The standard InChI is InChI=1S/C24H26F2N6O5/c1-24(21(25)26,31-23(36)28-2)18(20(34)32-37)30-19(33)17-11-9-15(10-12-17)4-3-14-5-7-16(8-6-14)13-29-22(27)35/h5-12,18,21,37H,13H2,1-2H3,(H,30,33)(H,32,34)(H3,27,29,35)(H2,28,31,36)/t18-,24?/m1/s1. The summed E-state index contributed by atoms with van der Waals surface area (Å²) in [6, 6.07) is 9.17. The van der Waals surface area contributed by atoms with Crippen molar-refractivity contribution in [2.45, 2.75) is 31.5 Å². The van der Waals surface area contributed by atoms with Crippen LogP contribution in [0.2, 0.25) is 0 Å². The van der Waals surface area contributed by atoms with Gasteiger partial charge < -0.3 is 27.0 Å². The number of amides is 6. The third-order valence-corrected chi connectivity index (χ3v) is 5.23. The third-order valence-electron chi connectivity index (χ3n) is 5.23. The molecule has 37 heavy (non-hydrogen) atoms. The van der Waals surface area contributed by atoms with Crippen molar-refractivity contribution in [1.82, 2.24) is 26.7 Å². The Morgan fingerprint density at radius 3 is 2.00 bits per heavy atom. The first-order valence-corrected chi connectivity index (χ1v) is 10.8. The fourth-order valence-electron chi connectivity index (χ4n) is 3.07. The lowest BCUT2D eigenvalue weighted by Crippen LogP contribution is -2.69. The molecule has 0 aromatic heterocycles. The molecule has 0 bridgehead atoms. The fourth-order valence-corrected chi connectivity index (χ4v) is 3.07. The summed E-state index contributed by atoms with van der Waals surface area (Å²) in [6.07, 6.45) is -3.29. The average Bonchev–Trinajstić information content (AvgIpc) is 2.89. The number of nitrogens with two attached hydrogens (primary N) is 1. The van der Waals surface area contributed by atoms with Crippen LogP contribution >= 0.6 is 0 Å². The summed E-state index contributed by atoms with van der Waals surface area (Å²) < 4.78 is 27.7. The quantitative estimate of drug-likeness (QED) is 0.156. The van der Waals surface area contributed by atoms with E-state index in [-0.39, 0.29) is 12.1 Å². The van der Waals surface area contributed by atoms with Crippen molar-refractivity contribution in [3.05, 3.63) is 70.8 Å². The Balaban J connectivity index is 2.16. The molecule has 6 amide bonds. The van der Waals surface area contributed by atoms with E-state index in [4.69, 9.17) is 10.9 Å². The van der Waals surface area contributed by atoms with E-state index in [9.17, 15) is 28.0 Å². The zero-order valence-electron chi connectivity index (χ0n) is 19.9. The van der Waals surface area contributed by atoms with E-state index in [0.717, 1.165) is 12.5 Å². The molecule has 0 heterocycles. The molecule has 0 aliphatic rings. The molecule has 1 unspecified atom stereocenters. The maximum absolute atomic E-state index is 13.9. The summed E-state index contributed by atoms with van der Waals surface area (Å²) in [5.41, 5.74) is 5.79. The first-order valence-electron chi connectivity index (χ1n) is 10.8. The molecule has 2 aromatic rings. The Morgan fingerprint density at radius 2 is 1.54 bits per heavy atom. The topological polar surface area (TPSA) is 175 Å². The zero-order valence-corrected chi connectivity index (χ0v) is 19.9. The lowest BCUT2D eigenvalue weighted by molar-refractivity contribution is -0.135. The maximum Gasteiger partial charge on any atom is 0.315 e. The van der Waals surface area contributed by atoms with Gasteiger partial charge in [0, 0.05) is 30.3 Å². The summed E-state index contributed by atoms with van der Waals surface area (Å²) in [7, 11) is 1.19. The van der Waals surface area contributed by atoms with E-state index in [2.05, 4.69) is 27.8 Å². The van der Waals surface area contributed by atoms with Gasteiger partial charge in [0.25, 0.3) is 18.2 Å². The van der Waals surface area contributed by atoms with Gasteiger partial charge in [-0.25, -0.2) is 23.9 Å².